The molecular weight excluding hydrogens is 552 g/mol. The standard InChI is InChI=1S/C40H38N4O/c1-26-12-10-17-36(27(26)2)43-25-42(28(3)29(43)4)31-13-11-14-32(23-31)45-33-18-19-35-34-15-8-9-16-37(34)44(38(35)24-33)39-22-30(20-21-41-39)40(5,6)7/h8-24H,1-7H3. The molecule has 4 aromatic carbocycles. The first kappa shape index (κ1) is 28.6. The smallest absolute Gasteiger partial charge is 0.269 e. The van der Waals surface area contributed by atoms with E-state index in [0.717, 1.165) is 51.1 Å². The minimum atomic E-state index is 0.0158. The van der Waals surface area contributed by atoms with Gasteiger partial charge in [-0.25, -0.2) is 4.98 Å². The lowest BCUT2D eigenvalue weighted by molar-refractivity contribution is -0.606. The molecule has 0 N–H and O–H groups in total. The Balaban J connectivity index is 1.29. The summed E-state index contributed by atoms with van der Waals surface area (Å²) in [4.78, 5) is 4.82. The number of ether oxygens (including phenoxy) is 1. The second-order valence-corrected chi connectivity index (χ2v) is 12.9. The van der Waals surface area contributed by atoms with Gasteiger partial charge >= 0.3 is 0 Å². The monoisotopic (exact) mass is 590 g/mol. The van der Waals surface area contributed by atoms with E-state index in [1.54, 1.807) is 0 Å². The molecule has 0 aliphatic heterocycles. The molecule has 0 bridgehead atoms. The lowest BCUT2D eigenvalue weighted by Crippen LogP contribution is -2.33. The molecule has 0 aliphatic carbocycles. The number of hydrogen-bond acceptors (Lipinski definition) is 2. The van der Waals surface area contributed by atoms with Gasteiger partial charge in [0.2, 0.25) is 0 Å². The van der Waals surface area contributed by atoms with Crippen LogP contribution in [0.25, 0.3) is 39.0 Å². The van der Waals surface area contributed by atoms with Crippen LogP contribution in [0.1, 0.15) is 48.8 Å². The molecule has 5 heteroatoms. The van der Waals surface area contributed by atoms with E-state index in [4.69, 9.17) is 9.72 Å². The lowest BCUT2D eigenvalue weighted by Gasteiger charge is -2.20. The summed E-state index contributed by atoms with van der Waals surface area (Å²) in [5.74, 6) is 2.43. The van der Waals surface area contributed by atoms with E-state index < -0.39 is 0 Å². The van der Waals surface area contributed by atoms with Gasteiger partial charge < -0.3 is 4.74 Å². The van der Waals surface area contributed by atoms with Crippen LogP contribution in [0.2, 0.25) is 0 Å². The Kier molecular flexibility index (Phi) is 6.85. The van der Waals surface area contributed by atoms with Crippen LogP contribution in [0.5, 0.6) is 11.5 Å². The molecule has 0 spiro atoms. The van der Waals surface area contributed by atoms with Crippen LogP contribution < -0.4 is 9.30 Å². The zero-order valence-corrected chi connectivity index (χ0v) is 27.0. The van der Waals surface area contributed by atoms with Crippen molar-refractivity contribution in [1.29, 1.82) is 0 Å². The molecule has 0 amide bonds. The van der Waals surface area contributed by atoms with Crippen LogP contribution in [0.3, 0.4) is 0 Å². The van der Waals surface area contributed by atoms with E-state index in [9.17, 15) is 0 Å². The molecule has 0 unspecified atom stereocenters. The minimum absolute atomic E-state index is 0.0158. The third-order valence-corrected chi connectivity index (χ3v) is 9.01. The molecule has 0 radical (unpaired) electrons. The van der Waals surface area contributed by atoms with Crippen molar-refractivity contribution >= 4 is 21.8 Å². The van der Waals surface area contributed by atoms with E-state index in [1.165, 1.54) is 27.5 Å². The van der Waals surface area contributed by atoms with Gasteiger partial charge in [-0.15, -0.1) is 0 Å². The van der Waals surface area contributed by atoms with Crippen molar-refractivity contribution < 1.29 is 9.30 Å². The number of para-hydroxylation sites is 1. The first-order valence-electron chi connectivity index (χ1n) is 15.5. The quantitative estimate of drug-likeness (QED) is 0.148. The van der Waals surface area contributed by atoms with Crippen LogP contribution in [0, 0.1) is 34.0 Å². The van der Waals surface area contributed by atoms with Gasteiger partial charge in [-0.2, -0.15) is 0 Å². The van der Waals surface area contributed by atoms with E-state index in [-0.39, 0.29) is 5.41 Å². The Hall–Kier alpha value is -5.16. The van der Waals surface area contributed by atoms with E-state index >= 15 is 0 Å². The highest BCUT2D eigenvalue weighted by Crippen LogP contribution is 2.36. The fourth-order valence-electron chi connectivity index (χ4n) is 6.13. The van der Waals surface area contributed by atoms with Crippen LogP contribution in [-0.2, 0) is 5.41 Å². The van der Waals surface area contributed by atoms with Crippen molar-refractivity contribution in [3.05, 3.63) is 138 Å². The normalized spacial score (nSPS) is 11.9. The number of imidazole rings is 1. The van der Waals surface area contributed by atoms with Crippen molar-refractivity contribution in [2.24, 2.45) is 0 Å². The summed E-state index contributed by atoms with van der Waals surface area (Å²) in [6.45, 7) is 15.3. The summed E-state index contributed by atoms with van der Waals surface area (Å²) < 4.78 is 13.1. The number of aryl methyl sites for hydroxylation is 1. The topological polar surface area (TPSA) is 35.9 Å². The SMILES string of the molecule is Cc1cccc(-[n+]2[c-]n(-c3cccc(Oc4ccc5c6ccccc6n(-c6cc(C(C)(C)C)ccn6)c5c4)c3)c(C)c2C)c1C. The number of rotatable bonds is 5. The van der Waals surface area contributed by atoms with Gasteiger partial charge in [-0.3, -0.25) is 13.7 Å². The van der Waals surface area contributed by atoms with Gasteiger partial charge in [0.15, 0.2) is 0 Å². The Morgan fingerprint density at radius 1 is 0.733 bits per heavy atom. The third kappa shape index (κ3) is 4.98. The van der Waals surface area contributed by atoms with Crippen molar-refractivity contribution in [3.63, 3.8) is 0 Å². The van der Waals surface area contributed by atoms with Gasteiger partial charge in [0, 0.05) is 23.0 Å². The predicted molar refractivity (Wildman–Crippen MR) is 182 cm³/mol. The van der Waals surface area contributed by atoms with Crippen molar-refractivity contribution in [2.75, 3.05) is 0 Å². The van der Waals surface area contributed by atoms with Crippen LogP contribution >= 0.6 is 0 Å². The summed E-state index contributed by atoms with van der Waals surface area (Å²) in [7, 11) is 0. The third-order valence-electron chi connectivity index (χ3n) is 9.01. The Morgan fingerprint density at radius 2 is 1.49 bits per heavy atom. The molecule has 0 atom stereocenters. The summed E-state index contributed by atoms with van der Waals surface area (Å²) in [5.41, 5.74) is 10.4. The van der Waals surface area contributed by atoms with Crippen LogP contribution in [0.15, 0.2) is 103 Å². The fourth-order valence-corrected chi connectivity index (χ4v) is 6.13. The molecule has 7 aromatic rings. The van der Waals surface area contributed by atoms with Gasteiger partial charge in [0.05, 0.1) is 33.8 Å². The van der Waals surface area contributed by atoms with Crippen LogP contribution in [-0.4, -0.2) is 14.1 Å². The molecule has 0 saturated carbocycles. The zero-order chi connectivity index (χ0) is 31.5. The lowest BCUT2D eigenvalue weighted by atomic mass is 9.88. The highest BCUT2D eigenvalue weighted by atomic mass is 16.5. The number of benzene rings is 4. The molecule has 0 saturated heterocycles. The van der Waals surface area contributed by atoms with Crippen LogP contribution in [0.4, 0.5) is 0 Å². The second kappa shape index (κ2) is 10.8. The molecule has 7 rings (SSSR count). The number of hydrogen-bond donors (Lipinski definition) is 0. The molecule has 0 fully saturated rings. The summed E-state index contributed by atoms with van der Waals surface area (Å²) >= 11 is 0. The van der Waals surface area contributed by atoms with Crippen molar-refractivity contribution in [3.8, 4) is 28.7 Å². The fraction of sp³-hybridized carbons (Fsp3) is 0.200. The molecule has 0 aliphatic rings. The Bertz CT molecular complexity index is 2230. The van der Waals surface area contributed by atoms with E-state index in [0.29, 0.717) is 0 Å². The van der Waals surface area contributed by atoms with Gasteiger partial charge in [0.1, 0.15) is 17.3 Å². The largest absolute Gasteiger partial charge is 0.458 e. The average Bonchev–Trinajstić information content (AvgIpc) is 3.51. The van der Waals surface area contributed by atoms with E-state index in [2.05, 4.69) is 153 Å². The highest BCUT2D eigenvalue weighted by Gasteiger charge is 2.19. The van der Waals surface area contributed by atoms with Gasteiger partial charge in [0.25, 0.3) is 6.33 Å². The van der Waals surface area contributed by atoms with Gasteiger partial charge in [-0.05, 0) is 98.8 Å². The molecule has 3 heterocycles. The van der Waals surface area contributed by atoms with Crippen molar-refractivity contribution in [1.82, 2.24) is 14.1 Å². The zero-order valence-electron chi connectivity index (χ0n) is 27.0. The molecule has 224 valence electrons. The summed E-state index contributed by atoms with van der Waals surface area (Å²) in [6.07, 6.45) is 5.50. The highest BCUT2D eigenvalue weighted by molar-refractivity contribution is 6.09. The maximum absolute atomic E-state index is 6.54. The predicted octanol–water partition coefficient (Wildman–Crippen LogP) is 9.37. The number of nitrogens with zero attached hydrogens (tertiary/aromatic N) is 4. The van der Waals surface area contributed by atoms with E-state index in [1.807, 2.05) is 18.3 Å². The average molecular weight is 591 g/mol. The Morgan fingerprint density at radius 3 is 2.31 bits per heavy atom. The number of pyridine rings is 1. The number of fused-ring (bicyclic) bond motifs is 3. The minimum Gasteiger partial charge on any atom is -0.458 e. The first-order chi connectivity index (χ1) is 21.6. The maximum Gasteiger partial charge on any atom is 0.269 e. The second-order valence-electron chi connectivity index (χ2n) is 12.9. The Labute approximate surface area is 265 Å². The van der Waals surface area contributed by atoms with Crippen molar-refractivity contribution in [2.45, 2.75) is 53.9 Å². The number of aromatic nitrogens is 4. The van der Waals surface area contributed by atoms with Gasteiger partial charge in [-0.1, -0.05) is 62.7 Å². The summed E-state index contributed by atoms with van der Waals surface area (Å²) in [5, 5.41) is 2.36. The summed E-state index contributed by atoms with van der Waals surface area (Å²) in [6, 6.07) is 33.8. The molecule has 45 heavy (non-hydrogen) atoms. The maximum atomic E-state index is 6.54. The molecule has 5 nitrogen and oxygen atoms in total. The molecular formula is C40H38N4O. The molecule has 3 aromatic heterocycles. The first-order valence-corrected chi connectivity index (χ1v) is 15.5.